The number of nitrogens with one attached hydrogen (secondary N) is 2. The fourth-order valence-corrected chi connectivity index (χ4v) is 3.38. The largest absolute Gasteiger partial charge is 0.309 e. The highest BCUT2D eigenvalue weighted by Crippen LogP contribution is 2.16. The first kappa shape index (κ1) is 21.9. The lowest BCUT2D eigenvalue weighted by Gasteiger charge is -2.19. The molecule has 8 nitrogen and oxygen atoms in total. The van der Waals surface area contributed by atoms with Crippen LogP contribution in [0.15, 0.2) is 79.3 Å². The first-order chi connectivity index (χ1) is 16.1. The third-order valence-corrected chi connectivity index (χ3v) is 5.11. The lowest BCUT2D eigenvalue weighted by Crippen LogP contribution is -2.34. The summed E-state index contributed by atoms with van der Waals surface area (Å²) < 4.78 is 1.63. The molecule has 2 aromatic heterocycles. The normalized spacial score (nSPS) is 11.5. The van der Waals surface area contributed by atoms with Crippen LogP contribution in [-0.2, 0) is 11.2 Å². The van der Waals surface area contributed by atoms with E-state index in [4.69, 9.17) is 5.26 Å². The van der Waals surface area contributed by atoms with Crippen molar-refractivity contribution in [3.8, 4) is 11.8 Å². The van der Waals surface area contributed by atoms with Gasteiger partial charge in [-0.15, -0.1) is 0 Å². The second kappa shape index (κ2) is 10.3. The first-order valence-electron chi connectivity index (χ1n) is 10.6. The molecule has 0 aliphatic carbocycles. The fraction of sp³-hybridized carbons (Fsp3) is 0.160. The second-order valence-corrected chi connectivity index (χ2v) is 7.48. The number of carbonyl (C=O) groups is 1. The van der Waals surface area contributed by atoms with Crippen LogP contribution in [0.4, 0.5) is 5.82 Å². The zero-order valence-electron chi connectivity index (χ0n) is 18.1. The maximum Gasteiger partial charge on any atom is 0.247 e. The van der Waals surface area contributed by atoms with Gasteiger partial charge in [0.2, 0.25) is 5.91 Å². The Balaban J connectivity index is 1.42. The molecule has 2 heterocycles. The van der Waals surface area contributed by atoms with E-state index in [1.165, 1.54) is 0 Å². The smallest absolute Gasteiger partial charge is 0.247 e. The van der Waals surface area contributed by atoms with Crippen LogP contribution < -0.4 is 10.6 Å². The highest BCUT2D eigenvalue weighted by atomic mass is 16.2. The second-order valence-electron chi connectivity index (χ2n) is 7.48. The minimum Gasteiger partial charge on any atom is -0.309 e. The van der Waals surface area contributed by atoms with Gasteiger partial charge in [0.05, 0.1) is 23.5 Å². The van der Waals surface area contributed by atoms with Crippen molar-refractivity contribution in [3.05, 3.63) is 102 Å². The zero-order valence-corrected chi connectivity index (χ0v) is 18.1. The van der Waals surface area contributed by atoms with Crippen LogP contribution in [0.1, 0.15) is 28.6 Å². The number of aromatic nitrogens is 4. The van der Waals surface area contributed by atoms with Gasteiger partial charge in [-0.2, -0.15) is 10.4 Å². The molecule has 2 N–H and O–H groups in total. The molecule has 0 aliphatic heterocycles. The number of benzene rings is 2. The van der Waals surface area contributed by atoms with E-state index in [1.807, 2.05) is 55.5 Å². The zero-order chi connectivity index (χ0) is 23.0. The summed E-state index contributed by atoms with van der Waals surface area (Å²) in [5, 5.41) is 19.4. The number of amides is 1. The molecular weight excluding hydrogens is 414 g/mol. The van der Waals surface area contributed by atoms with Crippen LogP contribution in [0.2, 0.25) is 0 Å². The predicted molar refractivity (Wildman–Crippen MR) is 125 cm³/mol. The minimum absolute atomic E-state index is 0.196. The lowest BCUT2D eigenvalue weighted by atomic mass is 10.1. The molecule has 4 aromatic rings. The van der Waals surface area contributed by atoms with Gasteiger partial charge in [-0.05, 0) is 48.7 Å². The highest BCUT2D eigenvalue weighted by Gasteiger charge is 2.20. The third-order valence-electron chi connectivity index (χ3n) is 5.11. The Morgan fingerprint density at radius 2 is 1.85 bits per heavy atom. The monoisotopic (exact) mass is 437 g/mol. The molecule has 0 radical (unpaired) electrons. The summed E-state index contributed by atoms with van der Waals surface area (Å²) in [6.45, 7) is 2.41. The lowest BCUT2D eigenvalue weighted by molar-refractivity contribution is -0.118. The maximum atomic E-state index is 13.1. The van der Waals surface area contributed by atoms with Gasteiger partial charge in [0.15, 0.2) is 0 Å². The molecular formula is C25H23N7O. The number of nitriles is 1. The van der Waals surface area contributed by atoms with Crippen molar-refractivity contribution in [2.75, 3.05) is 11.9 Å². The SMILES string of the molecule is Cc1ncn(-c2ccc(NC(=O)[C@@H](NCCc3ccc(C#N)cc3)c3ccccc3)nc2)n1. The Hall–Kier alpha value is -4.35. The summed E-state index contributed by atoms with van der Waals surface area (Å²) in [5.41, 5.74) is 3.35. The first-order valence-corrected chi connectivity index (χ1v) is 10.6. The molecule has 0 saturated heterocycles. The van der Waals surface area contributed by atoms with Gasteiger partial charge in [-0.25, -0.2) is 14.6 Å². The summed E-state index contributed by atoms with van der Waals surface area (Å²) in [4.78, 5) is 21.6. The summed E-state index contributed by atoms with van der Waals surface area (Å²) in [7, 11) is 0. The fourth-order valence-electron chi connectivity index (χ4n) is 3.38. The molecule has 2 aromatic carbocycles. The van der Waals surface area contributed by atoms with Crippen LogP contribution in [0.3, 0.4) is 0 Å². The van der Waals surface area contributed by atoms with Crippen LogP contribution in [0, 0.1) is 18.3 Å². The van der Waals surface area contributed by atoms with Crippen LogP contribution in [-0.4, -0.2) is 32.2 Å². The number of anilines is 1. The van der Waals surface area contributed by atoms with Gasteiger partial charge < -0.3 is 10.6 Å². The van der Waals surface area contributed by atoms with E-state index in [0.29, 0.717) is 23.8 Å². The van der Waals surface area contributed by atoms with Crippen molar-refractivity contribution in [3.63, 3.8) is 0 Å². The Kier molecular flexibility index (Phi) is 6.83. The predicted octanol–water partition coefficient (Wildman–Crippen LogP) is 3.35. The Labute approximate surface area is 191 Å². The summed E-state index contributed by atoms with van der Waals surface area (Å²) in [5.74, 6) is 0.929. The number of rotatable bonds is 8. The van der Waals surface area contributed by atoms with Crippen molar-refractivity contribution >= 4 is 11.7 Å². The maximum absolute atomic E-state index is 13.1. The molecule has 1 atom stereocenters. The van der Waals surface area contributed by atoms with E-state index in [1.54, 1.807) is 35.4 Å². The van der Waals surface area contributed by atoms with Gasteiger partial charge >= 0.3 is 0 Å². The average Bonchev–Trinajstić information content (AvgIpc) is 3.29. The molecule has 0 unspecified atom stereocenters. The van der Waals surface area contributed by atoms with Crippen LogP contribution in [0.25, 0.3) is 5.69 Å². The van der Waals surface area contributed by atoms with E-state index in [-0.39, 0.29) is 5.91 Å². The number of nitrogens with zero attached hydrogens (tertiary/aromatic N) is 5. The Morgan fingerprint density at radius 3 is 2.48 bits per heavy atom. The average molecular weight is 438 g/mol. The molecule has 0 fully saturated rings. The summed E-state index contributed by atoms with van der Waals surface area (Å²) in [6, 6.07) is 22.2. The van der Waals surface area contributed by atoms with E-state index < -0.39 is 6.04 Å². The molecule has 0 bridgehead atoms. The van der Waals surface area contributed by atoms with E-state index in [0.717, 1.165) is 23.2 Å². The van der Waals surface area contributed by atoms with Crippen molar-refractivity contribution in [2.24, 2.45) is 0 Å². The van der Waals surface area contributed by atoms with Gasteiger partial charge in [0.1, 0.15) is 24.0 Å². The molecule has 8 heteroatoms. The molecule has 0 aliphatic rings. The minimum atomic E-state index is -0.538. The molecule has 33 heavy (non-hydrogen) atoms. The number of hydrogen-bond donors (Lipinski definition) is 2. The molecule has 1 amide bonds. The number of hydrogen-bond acceptors (Lipinski definition) is 6. The topological polar surface area (TPSA) is 109 Å². The molecule has 0 saturated carbocycles. The van der Waals surface area contributed by atoms with E-state index >= 15 is 0 Å². The molecule has 0 spiro atoms. The third kappa shape index (κ3) is 5.67. The molecule has 4 rings (SSSR count). The van der Waals surface area contributed by atoms with Crippen LogP contribution in [0.5, 0.6) is 0 Å². The van der Waals surface area contributed by atoms with Crippen molar-refractivity contribution in [1.29, 1.82) is 5.26 Å². The summed E-state index contributed by atoms with van der Waals surface area (Å²) >= 11 is 0. The summed E-state index contributed by atoms with van der Waals surface area (Å²) in [6.07, 6.45) is 3.99. The van der Waals surface area contributed by atoms with E-state index in [9.17, 15) is 4.79 Å². The van der Waals surface area contributed by atoms with Gasteiger partial charge in [-0.3, -0.25) is 4.79 Å². The number of aryl methyl sites for hydroxylation is 1. The van der Waals surface area contributed by atoms with E-state index in [2.05, 4.69) is 31.8 Å². The van der Waals surface area contributed by atoms with Crippen molar-refractivity contribution < 1.29 is 4.79 Å². The Bertz CT molecular complexity index is 1240. The quantitative estimate of drug-likeness (QED) is 0.438. The standard InChI is InChI=1S/C25H23N7O/c1-18-29-17-32(31-18)22-11-12-23(28-16-22)30-25(33)24(21-5-3-2-4-6-21)27-14-13-19-7-9-20(15-26)10-8-19/h2-12,16-17,24,27H,13-14H2,1H3,(H,28,30,33)/t24-/m0/s1. The van der Waals surface area contributed by atoms with Gasteiger partial charge in [0.25, 0.3) is 0 Å². The van der Waals surface area contributed by atoms with Crippen molar-refractivity contribution in [1.82, 2.24) is 25.1 Å². The van der Waals surface area contributed by atoms with Crippen molar-refractivity contribution in [2.45, 2.75) is 19.4 Å². The van der Waals surface area contributed by atoms with Gasteiger partial charge in [-0.1, -0.05) is 42.5 Å². The number of pyridine rings is 1. The van der Waals surface area contributed by atoms with Gasteiger partial charge in [0, 0.05) is 6.54 Å². The number of carbonyl (C=O) groups excluding carboxylic acids is 1. The molecule has 164 valence electrons. The Morgan fingerprint density at radius 1 is 1.06 bits per heavy atom. The highest BCUT2D eigenvalue weighted by molar-refractivity contribution is 5.94. The van der Waals surface area contributed by atoms with Crippen LogP contribution >= 0.6 is 0 Å².